The lowest BCUT2D eigenvalue weighted by Crippen LogP contribution is -2.30. The van der Waals surface area contributed by atoms with Crippen molar-refractivity contribution < 1.29 is 19.2 Å². The first-order valence-corrected chi connectivity index (χ1v) is 32.3. The molecule has 10 aromatic heterocycles. The van der Waals surface area contributed by atoms with Crippen LogP contribution in [0.3, 0.4) is 0 Å². The summed E-state index contributed by atoms with van der Waals surface area (Å²) < 4.78 is 0. The number of amides is 4. The molecule has 12 N–H and O–H groups in total. The Labute approximate surface area is 537 Å². The number of carbonyl (C=O) groups is 4. The molecule has 24 bridgehead atoms. The van der Waals surface area contributed by atoms with Crippen LogP contribution >= 0.6 is 0 Å². The van der Waals surface area contributed by atoms with E-state index in [1.54, 1.807) is 36.4 Å². The van der Waals surface area contributed by atoms with Gasteiger partial charge in [0.1, 0.15) is 23.3 Å². The molecular weight excluding hydrogens is 1150 g/mol. The number of nitrogens with one attached hydrogen (secondary N) is 12. The van der Waals surface area contributed by atoms with E-state index in [4.69, 9.17) is 9.97 Å². The predicted octanol–water partition coefficient (Wildman–Crippen LogP) is 14.2. The van der Waals surface area contributed by atoms with Gasteiger partial charge in [0.05, 0.1) is 0 Å². The van der Waals surface area contributed by atoms with Gasteiger partial charge in [0.25, 0.3) is 0 Å². The lowest BCUT2D eigenvalue weighted by molar-refractivity contribution is -0.117. The van der Waals surface area contributed by atoms with Crippen LogP contribution in [0, 0.1) is 0 Å². The maximum atomic E-state index is 14.3. The number of rotatable bonds is 0. The van der Waals surface area contributed by atoms with E-state index in [0.29, 0.717) is 49.0 Å². The summed E-state index contributed by atoms with van der Waals surface area (Å²) in [6.45, 7) is 26.2. The minimum absolute atomic E-state index is 0.160. The highest BCUT2D eigenvalue weighted by Crippen LogP contribution is 2.47. The summed E-state index contributed by atoms with van der Waals surface area (Å²) in [5.41, 5.74) is 10.6. The molecule has 6 aliphatic rings. The second kappa shape index (κ2) is 22.1. The Balaban J connectivity index is 0.870. The molecule has 0 radical (unpaired) electrons. The summed E-state index contributed by atoms with van der Waals surface area (Å²) in [6.07, 6.45) is 2.41. The third kappa shape index (κ3) is 10.6. The number of anilines is 4. The normalized spacial score (nSPS) is 24.0. The number of hydrogen-bond donors (Lipinski definition) is 12. The van der Waals surface area contributed by atoms with Crippen LogP contribution in [0.5, 0.6) is 0 Å². The SMILES string of the molecule is CC1(C)c2ccc([nH]2)C2(C)CCC(=O)Nc3cccc(n3)NC(=O)CCC3(C)c4ccc([nH]4)C(C)(C)c4ccc([nH]4)C(C)(CCC(=O)Nc4cccc(n4)NC(=O)CCC(C)(c4ccc1[nH]4)c1ccc([nH]1)C(C)(C)c1ccc2[nH]1)c1ccc([nH]1)C(C)(C)c1ccc3[nH]1. The van der Waals surface area contributed by atoms with Crippen molar-refractivity contribution in [1.82, 2.24) is 49.8 Å². The maximum absolute atomic E-state index is 14.3. The van der Waals surface area contributed by atoms with Gasteiger partial charge in [-0.05, 0) is 230 Å². The first-order valence-electron chi connectivity index (χ1n) is 32.3. The van der Waals surface area contributed by atoms with E-state index in [0.717, 1.165) is 91.1 Å². The highest BCUT2D eigenvalue weighted by molar-refractivity contribution is 5.93. The second-order valence-electron chi connectivity index (χ2n) is 29.1. The molecule has 0 unspecified atom stereocenters. The van der Waals surface area contributed by atoms with Crippen molar-refractivity contribution in [2.24, 2.45) is 0 Å². The Bertz CT molecular complexity index is 3730. The zero-order valence-electron chi connectivity index (χ0n) is 54.9. The smallest absolute Gasteiger partial charge is 0.225 e. The fourth-order valence-electron chi connectivity index (χ4n) is 14.3. The standard InChI is InChI=1S/C74H86N14O4/c1-67(2)43-19-27-51(75-43)71(9)39-35-63(89)85-59-15-13-17-61(83-59)87-65(91)37-41-73(11)55-31-23-47(79-55)69(5,6)48-24-32-56(80-48)74(12,58-34-26-50(82-58)70(7,8)49-25-33-57(73)81-49)42-38-66(92)88-62-18-14-16-60(84-62)86-64(90)36-40-72(10,52-28-20-44(67)76-52)54-30-22-46(78-54)68(3,4)45-21-29-53(71)77-45/h13-34,75-82H,35-42H2,1-12H3,(H2,83,85,87,89,91)(H2,84,86,88,90,92). The van der Waals surface area contributed by atoms with E-state index in [-0.39, 0.29) is 49.3 Å². The van der Waals surface area contributed by atoms with Gasteiger partial charge in [-0.15, -0.1) is 0 Å². The molecule has 476 valence electrons. The van der Waals surface area contributed by atoms with E-state index in [9.17, 15) is 19.2 Å². The molecule has 10 aromatic rings. The number of aromatic amines is 8. The minimum Gasteiger partial charge on any atom is -0.361 e. The average molecular weight is 1240 g/mol. The number of carbonyl (C=O) groups excluding carboxylic acids is 4. The first kappa shape index (κ1) is 61.3. The summed E-state index contributed by atoms with van der Waals surface area (Å²) in [4.78, 5) is 97.4. The topological polar surface area (TPSA) is 268 Å². The Morgan fingerprint density at radius 1 is 0.239 bits per heavy atom. The van der Waals surface area contributed by atoms with Crippen LogP contribution in [-0.4, -0.2) is 73.5 Å². The third-order valence-corrected chi connectivity index (χ3v) is 21.6. The van der Waals surface area contributed by atoms with E-state index in [1.807, 2.05) is 0 Å². The molecule has 0 aliphatic carbocycles. The molecule has 0 spiro atoms. The number of hydrogen-bond acceptors (Lipinski definition) is 6. The van der Waals surface area contributed by atoms with Crippen molar-refractivity contribution >= 4 is 46.9 Å². The van der Waals surface area contributed by atoms with Crippen molar-refractivity contribution in [3.05, 3.63) is 225 Å². The maximum Gasteiger partial charge on any atom is 0.225 e. The Hall–Kier alpha value is -9.58. The summed E-state index contributed by atoms with van der Waals surface area (Å²) in [7, 11) is 0. The van der Waals surface area contributed by atoms with Crippen LogP contribution in [0.4, 0.5) is 23.3 Å². The lowest BCUT2D eigenvalue weighted by Gasteiger charge is -2.31. The van der Waals surface area contributed by atoms with Crippen molar-refractivity contribution in [2.75, 3.05) is 21.3 Å². The van der Waals surface area contributed by atoms with E-state index in [2.05, 4.69) is 241 Å². The molecule has 6 aliphatic heterocycles. The highest BCUT2D eigenvalue weighted by atomic mass is 16.2. The molecule has 16 heterocycles. The lowest BCUT2D eigenvalue weighted by atomic mass is 9.79. The van der Waals surface area contributed by atoms with Crippen LogP contribution in [-0.2, 0) is 62.5 Å². The van der Waals surface area contributed by atoms with E-state index < -0.39 is 43.3 Å². The fraction of sp³-hybridized carbons (Fsp3) is 0.378. The number of nitrogens with zero attached hydrogens (tertiary/aromatic N) is 2. The predicted molar refractivity (Wildman–Crippen MR) is 361 cm³/mol. The third-order valence-electron chi connectivity index (χ3n) is 21.6. The summed E-state index contributed by atoms with van der Waals surface area (Å²) in [6, 6.07) is 44.7. The van der Waals surface area contributed by atoms with E-state index >= 15 is 0 Å². The molecule has 16 rings (SSSR count). The Morgan fingerprint density at radius 3 is 0.554 bits per heavy atom. The van der Waals surface area contributed by atoms with Crippen LogP contribution in [0.1, 0.15) is 226 Å². The van der Waals surface area contributed by atoms with Crippen LogP contribution < -0.4 is 21.3 Å². The molecule has 4 amide bonds. The molecule has 18 nitrogen and oxygen atoms in total. The van der Waals surface area contributed by atoms with Gasteiger partial charge in [0, 0.05) is 160 Å². The molecule has 18 heteroatoms. The van der Waals surface area contributed by atoms with Crippen molar-refractivity contribution in [1.29, 1.82) is 0 Å². The summed E-state index contributed by atoms with van der Waals surface area (Å²) >= 11 is 0. The van der Waals surface area contributed by atoms with Crippen LogP contribution in [0.2, 0.25) is 0 Å². The monoisotopic (exact) mass is 1230 g/mol. The first-order chi connectivity index (χ1) is 43.6. The van der Waals surface area contributed by atoms with Gasteiger partial charge < -0.3 is 61.1 Å². The average Bonchev–Trinajstić information content (AvgIpc) is 1.60. The minimum atomic E-state index is -0.683. The Morgan fingerprint density at radius 2 is 0.391 bits per heavy atom. The summed E-state index contributed by atoms with van der Waals surface area (Å²) in [5.74, 6) is 0.478. The number of pyridine rings is 2. The second-order valence-corrected chi connectivity index (χ2v) is 29.1. The summed E-state index contributed by atoms with van der Waals surface area (Å²) in [5, 5.41) is 12.2. The largest absolute Gasteiger partial charge is 0.361 e. The van der Waals surface area contributed by atoms with Gasteiger partial charge in [-0.1, -0.05) is 12.1 Å². The van der Waals surface area contributed by atoms with Gasteiger partial charge in [0.2, 0.25) is 23.6 Å². The van der Waals surface area contributed by atoms with Crippen molar-refractivity contribution in [3.8, 4) is 0 Å². The molecule has 0 atom stereocenters. The van der Waals surface area contributed by atoms with Crippen molar-refractivity contribution in [2.45, 2.75) is 178 Å². The van der Waals surface area contributed by atoms with Gasteiger partial charge in [-0.3, -0.25) is 19.2 Å². The molecule has 0 aromatic carbocycles. The molecule has 0 saturated heterocycles. The number of aromatic nitrogens is 10. The molecule has 92 heavy (non-hydrogen) atoms. The van der Waals surface area contributed by atoms with Gasteiger partial charge in [0.15, 0.2) is 0 Å². The van der Waals surface area contributed by atoms with Gasteiger partial charge in [-0.2, -0.15) is 0 Å². The zero-order valence-corrected chi connectivity index (χ0v) is 54.9. The van der Waals surface area contributed by atoms with Gasteiger partial charge >= 0.3 is 0 Å². The molecule has 0 fully saturated rings. The number of H-pyrrole nitrogens is 8. The highest BCUT2D eigenvalue weighted by Gasteiger charge is 2.43. The molecular formula is C74H86N14O4. The van der Waals surface area contributed by atoms with Crippen LogP contribution in [0.25, 0.3) is 0 Å². The fourth-order valence-corrected chi connectivity index (χ4v) is 14.3. The van der Waals surface area contributed by atoms with Crippen molar-refractivity contribution in [3.63, 3.8) is 0 Å². The van der Waals surface area contributed by atoms with Crippen LogP contribution in [0.15, 0.2) is 133 Å². The molecule has 0 saturated carbocycles. The zero-order chi connectivity index (χ0) is 65.0. The van der Waals surface area contributed by atoms with E-state index in [1.165, 1.54) is 0 Å². The quantitative estimate of drug-likeness (QED) is 0.0702. The Kier molecular flexibility index (Phi) is 14.7. The van der Waals surface area contributed by atoms with Gasteiger partial charge in [-0.25, -0.2) is 9.97 Å².